The lowest BCUT2D eigenvalue weighted by molar-refractivity contribution is -0.380. The van der Waals surface area contributed by atoms with Crippen LogP contribution in [-0.4, -0.2) is 36.5 Å². The summed E-state index contributed by atoms with van der Waals surface area (Å²) in [7, 11) is 1.50. The zero-order valence-corrected chi connectivity index (χ0v) is 14.6. The molecule has 23 heavy (non-hydrogen) atoms. The topological polar surface area (TPSA) is 111 Å². The molecule has 1 aromatic heterocycles. The minimum absolute atomic E-state index is 0.0198. The Hall–Kier alpha value is -1.75. The molecule has 0 aromatic carbocycles. The Labute approximate surface area is 147 Å². The number of nitrogens with two attached hydrogens (primary N) is 1. The number of aromatic nitrogens is 1. The number of nitrogens with zero attached hydrogens (tertiary/aromatic N) is 2. The summed E-state index contributed by atoms with van der Waals surface area (Å²) in [6, 6.07) is 1.92. The van der Waals surface area contributed by atoms with Crippen molar-refractivity contribution in [2.75, 3.05) is 19.3 Å². The van der Waals surface area contributed by atoms with E-state index in [0.717, 1.165) is 0 Å². The highest BCUT2D eigenvalue weighted by atomic mass is 35.5. The monoisotopic (exact) mass is 379 g/mol. The molecule has 1 amide bonds. The maximum Gasteiger partial charge on any atom is 0.406 e. The van der Waals surface area contributed by atoms with Crippen LogP contribution in [0.3, 0.4) is 0 Å². The first-order valence-corrected chi connectivity index (χ1v) is 7.52. The van der Waals surface area contributed by atoms with Gasteiger partial charge in [-0.2, -0.15) is 10.2 Å². The van der Waals surface area contributed by atoms with Crippen molar-refractivity contribution in [2.24, 2.45) is 0 Å². The summed E-state index contributed by atoms with van der Waals surface area (Å²) in [6.07, 6.45) is -0.905. The molecule has 1 aromatic rings. The number of anilines is 1. The number of nitrogen functional groups attached to an aromatic ring is 1. The minimum atomic E-state index is -1.08. The molecule has 0 spiro atoms. The molecule has 0 saturated carbocycles. The second kappa shape index (κ2) is 8.20. The number of nitriles is 1. The molecular formula is C13H14Cl3N4O3+. The Morgan fingerprint density at radius 3 is 2.57 bits per heavy atom. The fourth-order valence-corrected chi connectivity index (χ4v) is 2.22. The molecule has 0 aliphatic rings. The highest BCUT2D eigenvalue weighted by Gasteiger charge is 2.30. The number of nitrogens with one attached hydrogen (secondary N) is 1. The average molecular weight is 381 g/mol. The van der Waals surface area contributed by atoms with E-state index >= 15 is 0 Å². The van der Waals surface area contributed by atoms with Gasteiger partial charge in [0.05, 0.1) is 18.2 Å². The van der Waals surface area contributed by atoms with Crippen molar-refractivity contribution in [3.05, 3.63) is 20.9 Å². The summed E-state index contributed by atoms with van der Waals surface area (Å²) in [4.78, 5) is 27.9. The van der Waals surface area contributed by atoms with Crippen LogP contribution in [0.2, 0.25) is 15.2 Å². The Kier molecular flexibility index (Phi) is 6.88. The Bertz CT molecular complexity index is 675. The van der Waals surface area contributed by atoms with Gasteiger partial charge in [-0.25, -0.2) is 4.79 Å². The molecule has 1 rings (SSSR count). The number of hydrogen-bond acceptors (Lipinski definition) is 5. The third-order valence-electron chi connectivity index (χ3n) is 2.89. The van der Waals surface area contributed by atoms with Crippen molar-refractivity contribution in [2.45, 2.75) is 19.4 Å². The van der Waals surface area contributed by atoms with Gasteiger partial charge in [-0.05, 0) is 18.5 Å². The molecule has 10 heteroatoms. The van der Waals surface area contributed by atoms with Gasteiger partial charge in [0.2, 0.25) is 0 Å². The maximum absolute atomic E-state index is 12.1. The number of ether oxygens (including phenoxy) is 1. The first kappa shape index (κ1) is 19.3. The van der Waals surface area contributed by atoms with Crippen molar-refractivity contribution in [1.82, 2.24) is 4.90 Å². The van der Waals surface area contributed by atoms with Gasteiger partial charge in [0, 0.05) is 13.6 Å². The molecule has 3 N–H and O–H groups in total. The number of carbonyl (C=O) groups excluding carboxylic acids is 2. The molecule has 0 fully saturated rings. The van der Waals surface area contributed by atoms with Crippen molar-refractivity contribution < 1.29 is 19.3 Å². The van der Waals surface area contributed by atoms with Crippen LogP contribution in [0.25, 0.3) is 0 Å². The average Bonchev–Trinajstić information content (AvgIpc) is 2.52. The molecule has 1 heterocycles. The smallest absolute Gasteiger partial charge is 0.406 e. The summed E-state index contributed by atoms with van der Waals surface area (Å²) >= 11 is 17.5. The van der Waals surface area contributed by atoms with Gasteiger partial charge < -0.3 is 15.4 Å². The highest BCUT2D eigenvalue weighted by Crippen LogP contribution is 2.32. The molecule has 0 radical (unpaired) electrons. The van der Waals surface area contributed by atoms with E-state index in [4.69, 9.17) is 50.5 Å². The summed E-state index contributed by atoms with van der Waals surface area (Å²) < 4.78 is 5.04. The molecule has 7 nitrogen and oxygen atoms in total. The number of halogens is 3. The lowest BCUT2D eigenvalue weighted by atomic mass is 10.3. The van der Waals surface area contributed by atoms with E-state index in [1.54, 1.807) is 0 Å². The molecule has 0 saturated heterocycles. The number of likely N-dealkylation sites (N-methyl/N-ethyl adjacent to an activating group) is 1. The normalized spacial score (nSPS) is 11.5. The van der Waals surface area contributed by atoms with Crippen LogP contribution in [0.15, 0.2) is 0 Å². The molecular weight excluding hydrogens is 367 g/mol. The third-order valence-corrected chi connectivity index (χ3v) is 4.06. The predicted molar refractivity (Wildman–Crippen MR) is 85.2 cm³/mol. The van der Waals surface area contributed by atoms with Gasteiger partial charge >= 0.3 is 11.7 Å². The summed E-state index contributed by atoms with van der Waals surface area (Å²) in [5.74, 6) is -1.37. The SMILES string of the molecule is C[C@@H](OC(=O)c1[nH+]c(Cl)c(Cl)c(N)c1Cl)C(=O)N(C)CCC#N. The predicted octanol–water partition coefficient (Wildman–Crippen LogP) is 1.96. The van der Waals surface area contributed by atoms with Gasteiger partial charge in [0.1, 0.15) is 10.0 Å². The van der Waals surface area contributed by atoms with Crippen molar-refractivity contribution in [1.29, 1.82) is 5.26 Å². The van der Waals surface area contributed by atoms with Gasteiger partial charge in [-0.3, -0.25) is 4.79 Å². The first-order chi connectivity index (χ1) is 10.7. The third kappa shape index (κ3) is 4.61. The van der Waals surface area contributed by atoms with Crippen LogP contribution in [0.1, 0.15) is 23.8 Å². The zero-order valence-electron chi connectivity index (χ0n) is 12.3. The fraction of sp³-hybridized carbons (Fsp3) is 0.385. The molecule has 0 unspecified atom stereocenters. The van der Waals surface area contributed by atoms with E-state index in [1.807, 2.05) is 6.07 Å². The number of esters is 1. The van der Waals surface area contributed by atoms with Crippen molar-refractivity contribution >= 4 is 52.4 Å². The minimum Gasteiger partial charge on any atom is -0.445 e. The quantitative estimate of drug-likeness (QED) is 0.620. The van der Waals surface area contributed by atoms with Crippen molar-refractivity contribution in [3.8, 4) is 6.07 Å². The lowest BCUT2D eigenvalue weighted by Gasteiger charge is -2.19. The van der Waals surface area contributed by atoms with Crippen LogP contribution < -0.4 is 10.7 Å². The number of carbonyl (C=O) groups is 2. The van der Waals surface area contributed by atoms with Crippen LogP contribution >= 0.6 is 34.8 Å². The number of pyridine rings is 1. The molecule has 0 aliphatic heterocycles. The van der Waals surface area contributed by atoms with Gasteiger partial charge in [-0.1, -0.05) is 23.2 Å². The molecule has 0 bridgehead atoms. The number of H-pyrrole nitrogens is 1. The van der Waals surface area contributed by atoms with E-state index in [9.17, 15) is 9.59 Å². The van der Waals surface area contributed by atoms with E-state index < -0.39 is 18.0 Å². The van der Waals surface area contributed by atoms with E-state index in [-0.39, 0.29) is 39.5 Å². The summed E-state index contributed by atoms with van der Waals surface area (Å²) in [5.41, 5.74) is 5.35. The van der Waals surface area contributed by atoms with Gasteiger partial charge in [0.15, 0.2) is 6.10 Å². The van der Waals surface area contributed by atoms with Crippen LogP contribution in [-0.2, 0) is 9.53 Å². The van der Waals surface area contributed by atoms with Crippen LogP contribution in [0.5, 0.6) is 0 Å². The Balaban J connectivity index is 2.88. The summed E-state index contributed by atoms with van der Waals surface area (Å²) in [6.45, 7) is 1.63. The summed E-state index contributed by atoms with van der Waals surface area (Å²) in [5, 5.41) is 8.26. The first-order valence-electron chi connectivity index (χ1n) is 6.38. The molecule has 1 atom stereocenters. The lowest BCUT2D eigenvalue weighted by Crippen LogP contribution is -2.38. The standard InChI is InChI=1S/C13H13Cl3N4O3/c1-6(12(21)20(2)5-3-4-17)23-13(22)10-7(14)9(18)8(15)11(16)19-10/h6H,3,5H2,1-2H3,(H2,18,19)/p+1/t6-/m1/s1. The number of rotatable bonds is 5. The Morgan fingerprint density at radius 1 is 1.39 bits per heavy atom. The zero-order chi connectivity index (χ0) is 17.7. The number of amides is 1. The van der Waals surface area contributed by atoms with Gasteiger partial charge in [0.25, 0.3) is 11.1 Å². The second-order valence-electron chi connectivity index (χ2n) is 4.57. The maximum atomic E-state index is 12.1. The molecule has 0 aliphatic carbocycles. The largest absolute Gasteiger partial charge is 0.445 e. The van der Waals surface area contributed by atoms with Gasteiger partial charge in [-0.15, -0.1) is 0 Å². The van der Waals surface area contributed by atoms with E-state index in [0.29, 0.717) is 0 Å². The second-order valence-corrected chi connectivity index (χ2v) is 5.70. The van der Waals surface area contributed by atoms with Crippen molar-refractivity contribution in [3.63, 3.8) is 0 Å². The highest BCUT2D eigenvalue weighted by molar-refractivity contribution is 6.45. The number of aromatic amines is 1. The van der Waals surface area contributed by atoms with E-state index in [2.05, 4.69) is 4.98 Å². The number of hydrogen-bond donors (Lipinski definition) is 1. The molecule has 124 valence electrons. The van der Waals surface area contributed by atoms with Crippen LogP contribution in [0, 0.1) is 11.3 Å². The van der Waals surface area contributed by atoms with E-state index in [1.165, 1.54) is 18.9 Å². The van der Waals surface area contributed by atoms with Crippen LogP contribution in [0.4, 0.5) is 5.69 Å². The Morgan fingerprint density at radius 2 is 2.00 bits per heavy atom. The fourth-order valence-electron chi connectivity index (χ4n) is 1.62.